The van der Waals surface area contributed by atoms with E-state index < -0.39 is 11.7 Å². The molecule has 0 unspecified atom stereocenters. The number of nitrogens with one attached hydrogen (secondary N) is 1. The van der Waals surface area contributed by atoms with Gasteiger partial charge in [0.2, 0.25) is 0 Å². The van der Waals surface area contributed by atoms with Crippen LogP contribution in [-0.2, 0) is 4.79 Å². The number of amides is 1. The van der Waals surface area contributed by atoms with Gasteiger partial charge in [0, 0.05) is 18.4 Å². The SMILES string of the molecule is O=C(C#Cc1ccccc1F)NCC(c1ccccc1)c1ccccc1. The van der Waals surface area contributed by atoms with Crippen molar-refractivity contribution in [2.24, 2.45) is 0 Å². The molecule has 0 fully saturated rings. The number of hydrogen-bond donors (Lipinski definition) is 1. The first kappa shape index (κ1) is 17.4. The molecule has 0 aliphatic carbocycles. The number of carbonyl (C=O) groups is 1. The largest absolute Gasteiger partial charge is 0.344 e. The third-order valence-electron chi connectivity index (χ3n) is 4.06. The topological polar surface area (TPSA) is 29.1 Å². The van der Waals surface area contributed by atoms with E-state index in [2.05, 4.69) is 17.2 Å². The van der Waals surface area contributed by atoms with E-state index in [1.165, 1.54) is 6.07 Å². The van der Waals surface area contributed by atoms with Crippen LogP contribution < -0.4 is 5.32 Å². The quantitative estimate of drug-likeness (QED) is 0.709. The summed E-state index contributed by atoms with van der Waals surface area (Å²) < 4.78 is 13.6. The average Bonchev–Trinajstić information content (AvgIpc) is 2.69. The van der Waals surface area contributed by atoms with Crippen molar-refractivity contribution < 1.29 is 9.18 Å². The molecule has 0 saturated heterocycles. The van der Waals surface area contributed by atoms with Crippen LogP contribution in [-0.4, -0.2) is 12.5 Å². The van der Waals surface area contributed by atoms with Crippen molar-refractivity contribution >= 4 is 5.91 Å². The molecule has 0 bridgehead atoms. The summed E-state index contributed by atoms with van der Waals surface area (Å²) >= 11 is 0. The molecule has 3 rings (SSSR count). The van der Waals surface area contributed by atoms with Crippen LogP contribution in [0.4, 0.5) is 4.39 Å². The fourth-order valence-electron chi connectivity index (χ4n) is 2.72. The Morgan fingerprint density at radius 3 is 1.96 bits per heavy atom. The molecule has 0 radical (unpaired) electrons. The smallest absolute Gasteiger partial charge is 0.296 e. The zero-order valence-electron chi connectivity index (χ0n) is 14.2. The average molecular weight is 343 g/mol. The molecule has 26 heavy (non-hydrogen) atoms. The molecule has 3 aromatic carbocycles. The van der Waals surface area contributed by atoms with Gasteiger partial charge in [-0.3, -0.25) is 4.79 Å². The van der Waals surface area contributed by atoms with Crippen molar-refractivity contribution in [3.8, 4) is 11.8 Å². The first-order valence-electron chi connectivity index (χ1n) is 8.38. The summed E-state index contributed by atoms with van der Waals surface area (Å²) in [5.41, 5.74) is 2.44. The maximum atomic E-state index is 13.6. The highest BCUT2D eigenvalue weighted by atomic mass is 19.1. The summed E-state index contributed by atoms with van der Waals surface area (Å²) in [6.07, 6.45) is 0. The van der Waals surface area contributed by atoms with Gasteiger partial charge in [-0.2, -0.15) is 0 Å². The van der Waals surface area contributed by atoms with E-state index in [0.717, 1.165) is 11.1 Å². The summed E-state index contributed by atoms with van der Waals surface area (Å²) in [6, 6.07) is 26.1. The van der Waals surface area contributed by atoms with Gasteiger partial charge in [0.15, 0.2) is 0 Å². The lowest BCUT2D eigenvalue weighted by Crippen LogP contribution is -2.27. The highest BCUT2D eigenvalue weighted by Gasteiger charge is 2.14. The Labute approximate surface area is 152 Å². The van der Waals surface area contributed by atoms with E-state index in [1.807, 2.05) is 60.7 Å². The second-order valence-corrected chi connectivity index (χ2v) is 5.81. The molecular weight excluding hydrogens is 325 g/mol. The lowest BCUT2D eigenvalue weighted by molar-refractivity contribution is -0.115. The third kappa shape index (κ3) is 4.58. The van der Waals surface area contributed by atoms with Crippen LogP contribution in [0.5, 0.6) is 0 Å². The molecule has 0 heterocycles. The zero-order chi connectivity index (χ0) is 18.2. The van der Waals surface area contributed by atoms with E-state index in [-0.39, 0.29) is 11.5 Å². The molecule has 0 aliphatic rings. The van der Waals surface area contributed by atoms with Gasteiger partial charge in [-0.15, -0.1) is 0 Å². The van der Waals surface area contributed by atoms with E-state index in [0.29, 0.717) is 6.54 Å². The van der Waals surface area contributed by atoms with E-state index >= 15 is 0 Å². The minimum Gasteiger partial charge on any atom is -0.344 e. The Bertz CT molecular complexity index is 887. The highest BCUT2D eigenvalue weighted by molar-refractivity contribution is 5.94. The highest BCUT2D eigenvalue weighted by Crippen LogP contribution is 2.23. The van der Waals surface area contributed by atoms with Gasteiger partial charge < -0.3 is 5.32 Å². The molecular formula is C23H18FNO. The number of halogens is 1. The van der Waals surface area contributed by atoms with Gasteiger partial charge in [0.05, 0.1) is 5.56 Å². The molecule has 0 aliphatic heterocycles. The third-order valence-corrected chi connectivity index (χ3v) is 4.06. The van der Waals surface area contributed by atoms with Gasteiger partial charge >= 0.3 is 0 Å². The van der Waals surface area contributed by atoms with Crippen molar-refractivity contribution in [1.29, 1.82) is 0 Å². The van der Waals surface area contributed by atoms with Crippen molar-refractivity contribution in [3.05, 3.63) is 107 Å². The monoisotopic (exact) mass is 343 g/mol. The molecule has 1 N–H and O–H groups in total. The van der Waals surface area contributed by atoms with E-state index in [9.17, 15) is 9.18 Å². The normalized spacial score (nSPS) is 10.1. The van der Waals surface area contributed by atoms with E-state index in [4.69, 9.17) is 0 Å². The summed E-state index contributed by atoms with van der Waals surface area (Å²) in [6.45, 7) is 0.415. The lowest BCUT2D eigenvalue weighted by atomic mass is 9.91. The van der Waals surface area contributed by atoms with Crippen molar-refractivity contribution in [3.63, 3.8) is 0 Å². The Morgan fingerprint density at radius 1 is 0.846 bits per heavy atom. The minimum absolute atomic E-state index is 0.0246. The van der Waals surface area contributed by atoms with Crippen LogP contribution in [0.1, 0.15) is 22.6 Å². The number of carbonyl (C=O) groups excluding carboxylic acids is 1. The first-order chi connectivity index (χ1) is 12.7. The van der Waals surface area contributed by atoms with Crippen LogP contribution >= 0.6 is 0 Å². The van der Waals surface area contributed by atoms with Crippen LogP contribution in [0.2, 0.25) is 0 Å². The predicted molar refractivity (Wildman–Crippen MR) is 101 cm³/mol. The minimum atomic E-state index is -0.431. The Kier molecular flexibility index (Phi) is 5.80. The van der Waals surface area contributed by atoms with Crippen LogP contribution in [0.15, 0.2) is 84.9 Å². The number of rotatable bonds is 4. The molecule has 0 spiro atoms. The number of hydrogen-bond acceptors (Lipinski definition) is 1. The molecule has 1 amide bonds. The molecule has 3 aromatic rings. The maximum absolute atomic E-state index is 13.6. The fourth-order valence-corrected chi connectivity index (χ4v) is 2.72. The fraction of sp³-hybridized carbons (Fsp3) is 0.0870. The van der Waals surface area contributed by atoms with E-state index in [1.54, 1.807) is 18.2 Å². The van der Waals surface area contributed by atoms with Gasteiger partial charge in [-0.05, 0) is 23.3 Å². The Balaban J connectivity index is 1.73. The zero-order valence-corrected chi connectivity index (χ0v) is 14.2. The van der Waals surface area contributed by atoms with Crippen molar-refractivity contribution in [2.75, 3.05) is 6.54 Å². The lowest BCUT2D eigenvalue weighted by Gasteiger charge is -2.18. The number of benzene rings is 3. The molecule has 3 heteroatoms. The second kappa shape index (κ2) is 8.64. The summed E-state index contributed by atoms with van der Waals surface area (Å²) in [4.78, 5) is 12.1. The first-order valence-corrected chi connectivity index (χ1v) is 8.38. The van der Waals surface area contributed by atoms with Crippen LogP contribution in [0, 0.1) is 17.7 Å². The maximum Gasteiger partial charge on any atom is 0.296 e. The molecule has 128 valence electrons. The predicted octanol–water partition coefficient (Wildman–Crippen LogP) is 4.13. The summed E-state index contributed by atoms with van der Waals surface area (Å²) in [5, 5.41) is 2.83. The van der Waals surface area contributed by atoms with Crippen molar-refractivity contribution in [2.45, 2.75) is 5.92 Å². The van der Waals surface area contributed by atoms with Gasteiger partial charge in [-0.1, -0.05) is 78.7 Å². The molecule has 2 nitrogen and oxygen atoms in total. The standard InChI is InChI=1S/C23H18FNO/c24-22-14-8-7-13-20(22)15-16-23(26)25-17-21(18-9-3-1-4-10-18)19-11-5-2-6-12-19/h1-14,21H,17H2,(H,25,26). The Morgan fingerprint density at radius 2 is 1.38 bits per heavy atom. The van der Waals surface area contributed by atoms with Crippen LogP contribution in [0.25, 0.3) is 0 Å². The van der Waals surface area contributed by atoms with Crippen molar-refractivity contribution in [1.82, 2.24) is 5.32 Å². The Hall–Kier alpha value is -3.38. The second-order valence-electron chi connectivity index (χ2n) is 5.81. The summed E-state index contributed by atoms with van der Waals surface area (Å²) in [5.74, 6) is 4.20. The van der Waals surface area contributed by atoms with Gasteiger partial charge in [0.1, 0.15) is 5.82 Å². The molecule has 0 saturated carbocycles. The summed E-state index contributed by atoms with van der Waals surface area (Å²) in [7, 11) is 0. The van der Waals surface area contributed by atoms with Gasteiger partial charge in [-0.25, -0.2) is 4.39 Å². The molecule has 0 atom stereocenters. The van der Waals surface area contributed by atoms with Crippen LogP contribution in [0.3, 0.4) is 0 Å². The van der Waals surface area contributed by atoms with Gasteiger partial charge in [0.25, 0.3) is 5.91 Å². The molecule has 0 aromatic heterocycles.